The zero-order valence-corrected chi connectivity index (χ0v) is 21.8. The minimum atomic E-state index is -4.00. The highest BCUT2D eigenvalue weighted by atomic mass is 32.2. The molecule has 0 saturated carbocycles. The van der Waals surface area contributed by atoms with Crippen LogP contribution in [0.4, 0.5) is 5.69 Å². The lowest BCUT2D eigenvalue weighted by Crippen LogP contribution is -2.47. The SMILES string of the molecule is CCCn1c(=O)sc2cc(S(=O)(=O)Nc3ccc(C)c(S(=O)(=O)N4CCN(C)CC4)c3)ccc21. The van der Waals surface area contributed by atoms with E-state index in [1.807, 2.05) is 14.0 Å². The molecule has 1 aliphatic heterocycles. The summed E-state index contributed by atoms with van der Waals surface area (Å²) in [6.45, 7) is 6.27. The summed E-state index contributed by atoms with van der Waals surface area (Å²) >= 11 is 1.01. The van der Waals surface area contributed by atoms with Crippen LogP contribution in [0.15, 0.2) is 51.0 Å². The molecule has 0 aliphatic carbocycles. The normalized spacial score (nSPS) is 16.2. The quantitative estimate of drug-likeness (QED) is 0.509. The molecular formula is C22H28N4O5S3. The van der Waals surface area contributed by atoms with Crippen LogP contribution in [0.25, 0.3) is 10.2 Å². The van der Waals surface area contributed by atoms with Gasteiger partial charge in [-0.05, 0) is 56.3 Å². The highest BCUT2D eigenvalue weighted by Gasteiger charge is 2.29. The van der Waals surface area contributed by atoms with Gasteiger partial charge in [0.05, 0.1) is 25.7 Å². The van der Waals surface area contributed by atoms with Crippen molar-refractivity contribution in [2.45, 2.75) is 36.6 Å². The molecule has 2 heterocycles. The fourth-order valence-corrected chi connectivity index (χ4v) is 7.75. The van der Waals surface area contributed by atoms with Gasteiger partial charge in [-0.3, -0.25) is 14.1 Å². The summed E-state index contributed by atoms with van der Waals surface area (Å²) in [4.78, 5) is 14.3. The molecule has 12 heteroatoms. The monoisotopic (exact) mass is 524 g/mol. The lowest BCUT2D eigenvalue weighted by molar-refractivity contribution is 0.222. The maximum atomic E-state index is 13.2. The number of benzene rings is 2. The van der Waals surface area contributed by atoms with Crippen molar-refractivity contribution in [3.8, 4) is 0 Å². The number of nitrogens with zero attached hydrogens (tertiary/aromatic N) is 3. The summed E-state index contributed by atoms with van der Waals surface area (Å²) in [6, 6.07) is 9.08. The number of anilines is 1. The maximum Gasteiger partial charge on any atom is 0.308 e. The number of piperazine rings is 1. The summed E-state index contributed by atoms with van der Waals surface area (Å²) in [5.41, 5.74) is 1.41. The van der Waals surface area contributed by atoms with Crippen LogP contribution in [0.1, 0.15) is 18.9 Å². The van der Waals surface area contributed by atoms with Gasteiger partial charge in [0.25, 0.3) is 10.0 Å². The second kappa shape index (κ2) is 9.42. The molecule has 1 aromatic heterocycles. The minimum Gasteiger partial charge on any atom is -0.304 e. The number of hydrogen-bond acceptors (Lipinski definition) is 7. The third kappa shape index (κ3) is 4.78. The summed E-state index contributed by atoms with van der Waals surface area (Å²) in [5, 5.41) is 0. The number of aromatic nitrogens is 1. The number of rotatable bonds is 7. The molecule has 9 nitrogen and oxygen atoms in total. The highest BCUT2D eigenvalue weighted by molar-refractivity contribution is 7.92. The Labute approximate surface area is 203 Å². The molecule has 1 aliphatic rings. The van der Waals surface area contributed by atoms with E-state index in [2.05, 4.69) is 9.62 Å². The van der Waals surface area contributed by atoms with Crippen molar-refractivity contribution in [1.29, 1.82) is 0 Å². The van der Waals surface area contributed by atoms with Gasteiger partial charge in [-0.1, -0.05) is 24.3 Å². The van der Waals surface area contributed by atoms with Crippen molar-refractivity contribution >= 4 is 47.3 Å². The molecule has 1 saturated heterocycles. The largest absolute Gasteiger partial charge is 0.308 e. The third-order valence-electron chi connectivity index (χ3n) is 5.92. The lowest BCUT2D eigenvalue weighted by Gasteiger charge is -2.32. The molecule has 184 valence electrons. The molecule has 0 atom stereocenters. The van der Waals surface area contributed by atoms with E-state index in [4.69, 9.17) is 0 Å². The zero-order chi connectivity index (χ0) is 24.7. The Morgan fingerprint density at radius 1 is 1.00 bits per heavy atom. The van der Waals surface area contributed by atoms with Crippen LogP contribution in [-0.4, -0.2) is 63.8 Å². The first kappa shape index (κ1) is 24.9. The van der Waals surface area contributed by atoms with Crippen LogP contribution in [0, 0.1) is 6.92 Å². The van der Waals surface area contributed by atoms with Gasteiger partial charge in [-0.2, -0.15) is 4.31 Å². The van der Waals surface area contributed by atoms with Crippen LogP contribution in [0.5, 0.6) is 0 Å². The number of fused-ring (bicyclic) bond motifs is 1. The fourth-order valence-electron chi connectivity index (χ4n) is 3.97. The third-order valence-corrected chi connectivity index (χ3v) is 10.3. The first-order chi connectivity index (χ1) is 16.0. The molecule has 0 bridgehead atoms. The van der Waals surface area contributed by atoms with E-state index in [1.54, 1.807) is 29.7 Å². The Hall–Kier alpha value is -2.25. The van der Waals surface area contributed by atoms with E-state index in [0.29, 0.717) is 48.5 Å². The Kier molecular flexibility index (Phi) is 6.89. The summed E-state index contributed by atoms with van der Waals surface area (Å²) < 4.78 is 58.8. The Balaban J connectivity index is 1.64. The van der Waals surface area contributed by atoms with Gasteiger partial charge < -0.3 is 4.90 Å². The van der Waals surface area contributed by atoms with Crippen molar-refractivity contribution < 1.29 is 16.8 Å². The predicted molar refractivity (Wildman–Crippen MR) is 135 cm³/mol. The van der Waals surface area contributed by atoms with Crippen LogP contribution in [-0.2, 0) is 26.6 Å². The van der Waals surface area contributed by atoms with Gasteiger partial charge >= 0.3 is 4.87 Å². The molecule has 1 fully saturated rings. The molecule has 0 unspecified atom stereocenters. The molecule has 0 radical (unpaired) electrons. The van der Waals surface area contributed by atoms with E-state index >= 15 is 0 Å². The van der Waals surface area contributed by atoms with Crippen LogP contribution >= 0.6 is 11.3 Å². The zero-order valence-electron chi connectivity index (χ0n) is 19.3. The lowest BCUT2D eigenvalue weighted by atomic mass is 10.2. The van der Waals surface area contributed by atoms with Crippen molar-refractivity contribution in [2.75, 3.05) is 37.9 Å². The van der Waals surface area contributed by atoms with E-state index in [0.717, 1.165) is 17.8 Å². The van der Waals surface area contributed by atoms with Gasteiger partial charge in [0.15, 0.2) is 0 Å². The van der Waals surface area contributed by atoms with Crippen molar-refractivity contribution in [1.82, 2.24) is 13.8 Å². The molecule has 1 N–H and O–H groups in total. The van der Waals surface area contributed by atoms with Gasteiger partial charge in [-0.25, -0.2) is 16.8 Å². The summed E-state index contributed by atoms with van der Waals surface area (Å²) in [5.74, 6) is 0. The number of thiazole rings is 1. The smallest absolute Gasteiger partial charge is 0.304 e. The van der Waals surface area contributed by atoms with Crippen molar-refractivity contribution in [2.24, 2.45) is 0 Å². The molecule has 3 aromatic rings. The number of aryl methyl sites for hydroxylation is 2. The molecular weight excluding hydrogens is 496 g/mol. The number of likely N-dealkylation sites (N-methyl/N-ethyl adjacent to an activating group) is 1. The van der Waals surface area contributed by atoms with Crippen molar-refractivity contribution in [3.05, 3.63) is 51.6 Å². The first-order valence-corrected chi connectivity index (χ1v) is 14.7. The topological polar surface area (TPSA) is 109 Å². The highest BCUT2D eigenvalue weighted by Crippen LogP contribution is 2.27. The second-order valence-electron chi connectivity index (χ2n) is 8.44. The first-order valence-electron chi connectivity index (χ1n) is 11.0. The average molecular weight is 525 g/mol. The van der Waals surface area contributed by atoms with E-state index in [1.165, 1.54) is 22.5 Å². The van der Waals surface area contributed by atoms with Gasteiger partial charge in [-0.15, -0.1) is 0 Å². The van der Waals surface area contributed by atoms with Gasteiger partial charge in [0, 0.05) is 32.7 Å². The van der Waals surface area contributed by atoms with E-state index < -0.39 is 20.0 Å². The number of nitrogens with one attached hydrogen (secondary N) is 1. The minimum absolute atomic E-state index is 0.00829. The van der Waals surface area contributed by atoms with Crippen LogP contribution < -0.4 is 9.60 Å². The summed E-state index contributed by atoms with van der Waals surface area (Å²) in [6.07, 6.45) is 0.792. The van der Waals surface area contributed by atoms with Crippen LogP contribution in [0.3, 0.4) is 0 Å². The Morgan fingerprint density at radius 3 is 2.38 bits per heavy atom. The molecule has 0 amide bonds. The van der Waals surface area contributed by atoms with Crippen molar-refractivity contribution in [3.63, 3.8) is 0 Å². The average Bonchev–Trinajstić information content (AvgIpc) is 3.10. The summed E-state index contributed by atoms with van der Waals surface area (Å²) in [7, 11) is -5.81. The second-order valence-corrected chi connectivity index (χ2v) is 13.0. The van der Waals surface area contributed by atoms with E-state index in [-0.39, 0.29) is 20.4 Å². The maximum absolute atomic E-state index is 13.2. The van der Waals surface area contributed by atoms with Gasteiger partial charge in [0.1, 0.15) is 0 Å². The van der Waals surface area contributed by atoms with E-state index in [9.17, 15) is 21.6 Å². The van der Waals surface area contributed by atoms with Crippen LogP contribution in [0.2, 0.25) is 0 Å². The molecule has 2 aromatic carbocycles. The molecule has 4 rings (SSSR count). The van der Waals surface area contributed by atoms with Gasteiger partial charge in [0.2, 0.25) is 10.0 Å². The molecule has 34 heavy (non-hydrogen) atoms. The standard InChI is InChI=1S/C22H28N4O5S3/c1-4-9-26-19-8-7-18(15-20(19)32-22(26)27)33(28,29)23-17-6-5-16(2)21(14-17)34(30,31)25-12-10-24(3)11-13-25/h5-8,14-15,23H,4,9-13H2,1-3H3. The molecule has 0 spiro atoms. The number of sulfonamides is 2. The Morgan fingerprint density at radius 2 is 1.71 bits per heavy atom. The predicted octanol–water partition coefficient (Wildman–Crippen LogP) is 2.52. The Bertz CT molecular complexity index is 1480. The number of hydrogen-bond donors (Lipinski definition) is 1. The fraction of sp³-hybridized carbons (Fsp3) is 0.409.